The largest absolute Gasteiger partial charge is 0.409 e. The van der Waals surface area contributed by atoms with Crippen LogP contribution in [0.4, 0.5) is 0 Å². The normalized spacial score (nSPS) is 28.1. The van der Waals surface area contributed by atoms with Gasteiger partial charge in [0.05, 0.1) is 13.2 Å². The van der Waals surface area contributed by atoms with Crippen molar-refractivity contribution in [3.8, 4) is 0 Å². The van der Waals surface area contributed by atoms with Gasteiger partial charge in [0.15, 0.2) is 5.84 Å². The van der Waals surface area contributed by atoms with E-state index in [1.807, 2.05) is 0 Å². The fourth-order valence-corrected chi connectivity index (χ4v) is 2.79. The molecule has 0 amide bonds. The van der Waals surface area contributed by atoms with E-state index in [1.165, 1.54) is 25.7 Å². The van der Waals surface area contributed by atoms with Crippen molar-refractivity contribution in [2.75, 3.05) is 19.8 Å². The van der Waals surface area contributed by atoms with Gasteiger partial charge >= 0.3 is 0 Å². The van der Waals surface area contributed by atoms with E-state index in [0.29, 0.717) is 24.5 Å². The summed E-state index contributed by atoms with van der Waals surface area (Å²) in [5.41, 5.74) is 5.63. The van der Waals surface area contributed by atoms with Crippen molar-refractivity contribution < 1.29 is 9.94 Å². The smallest absolute Gasteiger partial charge is 0.153 e. The van der Waals surface area contributed by atoms with Gasteiger partial charge in [-0.25, -0.2) is 0 Å². The summed E-state index contributed by atoms with van der Waals surface area (Å²) in [6, 6.07) is 1.04. The third kappa shape index (κ3) is 2.65. The maximum atomic E-state index is 8.67. The molecule has 1 unspecified atom stereocenters. The zero-order valence-electron chi connectivity index (χ0n) is 9.64. The third-order valence-electron chi connectivity index (χ3n) is 3.64. The van der Waals surface area contributed by atoms with Gasteiger partial charge in [0, 0.05) is 18.7 Å². The van der Waals surface area contributed by atoms with Gasteiger partial charge in [-0.05, 0) is 19.3 Å². The maximum absolute atomic E-state index is 8.67. The Balaban J connectivity index is 1.99. The van der Waals surface area contributed by atoms with E-state index >= 15 is 0 Å². The number of hydrogen-bond donors (Lipinski definition) is 2. The van der Waals surface area contributed by atoms with Crippen molar-refractivity contribution in [1.29, 1.82) is 0 Å². The predicted octanol–water partition coefficient (Wildman–Crippen LogP) is 0.766. The lowest BCUT2D eigenvalue weighted by atomic mass is 10.1. The van der Waals surface area contributed by atoms with Crippen LogP contribution in [0.3, 0.4) is 0 Å². The molecule has 0 radical (unpaired) electrons. The monoisotopic (exact) mass is 227 g/mol. The second-order valence-corrected chi connectivity index (χ2v) is 4.72. The second-order valence-electron chi connectivity index (χ2n) is 4.72. The van der Waals surface area contributed by atoms with E-state index in [-0.39, 0.29) is 0 Å². The highest BCUT2D eigenvalue weighted by Crippen LogP contribution is 2.27. The SMILES string of the molecule is NC(CN(C1CCCC1)C1CCOC1)=NO. The molecule has 3 N–H and O–H groups in total. The Labute approximate surface area is 96.2 Å². The number of hydrogen-bond acceptors (Lipinski definition) is 4. The van der Waals surface area contributed by atoms with E-state index in [4.69, 9.17) is 15.7 Å². The van der Waals surface area contributed by atoms with Crippen molar-refractivity contribution in [3.63, 3.8) is 0 Å². The zero-order valence-corrected chi connectivity index (χ0v) is 9.64. The first-order chi connectivity index (χ1) is 7.81. The highest BCUT2D eigenvalue weighted by atomic mass is 16.5. The lowest BCUT2D eigenvalue weighted by molar-refractivity contribution is 0.123. The maximum Gasteiger partial charge on any atom is 0.153 e. The Morgan fingerprint density at radius 3 is 2.62 bits per heavy atom. The van der Waals surface area contributed by atoms with Crippen LogP contribution < -0.4 is 5.73 Å². The van der Waals surface area contributed by atoms with Gasteiger partial charge in [0.25, 0.3) is 0 Å². The van der Waals surface area contributed by atoms with Crippen molar-refractivity contribution in [3.05, 3.63) is 0 Å². The second kappa shape index (κ2) is 5.50. The van der Waals surface area contributed by atoms with E-state index < -0.39 is 0 Å². The summed E-state index contributed by atoms with van der Waals surface area (Å²) < 4.78 is 5.43. The van der Waals surface area contributed by atoms with Gasteiger partial charge in [0.2, 0.25) is 0 Å². The van der Waals surface area contributed by atoms with Crippen LogP contribution >= 0.6 is 0 Å². The van der Waals surface area contributed by atoms with Crippen LogP contribution in [-0.4, -0.2) is 47.8 Å². The van der Waals surface area contributed by atoms with Crippen LogP contribution in [0.1, 0.15) is 32.1 Å². The first-order valence-electron chi connectivity index (χ1n) is 6.11. The Bertz CT molecular complexity index is 230. The minimum Gasteiger partial charge on any atom is -0.409 e. The lowest BCUT2D eigenvalue weighted by Gasteiger charge is -2.32. The summed E-state index contributed by atoms with van der Waals surface area (Å²) in [6.45, 7) is 2.19. The molecule has 0 spiro atoms. The van der Waals surface area contributed by atoms with Gasteiger partial charge in [-0.1, -0.05) is 18.0 Å². The molecule has 1 aliphatic heterocycles. The Hall–Kier alpha value is -0.810. The molecule has 1 saturated carbocycles. The summed E-state index contributed by atoms with van der Waals surface area (Å²) in [4.78, 5) is 2.37. The standard InChI is InChI=1S/C11H21N3O2/c12-11(13-15)7-14(9-3-1-2-4-9)10-5-6-16-8-10/h9-10,15H,1-8H2,(H2,12,13). The molecule has 2 aliphatic rings. The highest BCUT2D eigenvalue weighted by Gasteiger charge is 2.31. The number of rotatable bonds is 4. The van der Waals surface area contributed by atoms with E-state index in [9.17, 15) is 0 Å². The molecule has 2 rings (SSSR count). The molecule has 92 valence electrons. The molecule has 1 saturated heterocycles. The molecule has 16 heavy (non-hydrogen) atoms. The van der Waals surface area contributed by atoms with E-state index in [0.717, 1.165) is 19.6 Å². The van der Waals surface area contributed by atoms with Crippen LogP contribution in [0.2, 0.25) is 0 Å². The van der Waals surface area contributed by atoms with Crippen molar-refractivity contribution >= 4 is 5.84 Å². The molecule has 0 aromatic carbocycles. The number of amidine groups is 1. The van der Waals surface area contributed by atoms with E-state index in [1.54, 1.807) is 0 Å². The predicted molar refractivity (Wildman–Crippen MR) is 61.6 cm³/mol. The number of nitrogens with zero attached hydrogens (tertiary/aromatic N) is 2. The van der Waals surface area contributed by atoms with Crippen molar-refractivity contribution in [2.45, 2.75) is 44.2 Å². The Kier molecular flexibility index (Phi) is 4.01. The molecule has 5 nitrogen and oxygen atoms in total. The van der Waals surface area contributed by atoms with Crippen LogP contribution in [0.5, 0.6) is 0 Å². The molecule has 0 bridgehead atoms. The molecule has 5 heteroatoms. The van der Waals surface area contributed by atoms with Gasteiger partial charge in [0.1, 0.15) is 0 Å². The topological polar surface area (TPSA) is 71.1 Å². The summed E-state index contributed by atoms with van der Waals surface area (Å²) in [5.74, 6) is 0.304. The van der Waals surface area contributed by atoms with Gasteiger partial charge < -0.3 is 15.7 Å². The molecular formula is C11H21N3O2. The minimum absolute atomic E-state index is 0.304. The molecule has 0 aromatic rings. The first-order valence-corrected chi connectivity index (χ1v) is 6.11. The summed E-state index contributed by atoms with van der Waals surface area (Å²) in [5, 5.41) is 11.8. The lowest BCUT2D eigenvalue weighted by Crippen LogP contribution is -2.47. The van der Waals surface area contributed by atoms with Gasteiger partial charge in [-0.2, -0.15) is 0 Å². The first kappa shape index (κ1) is 11.7. The van der Waals surface area contributed by atoms with Crippen LogP contribution in [0.15, 0.2) is 5.16 Å². The molecule has 1 atom stereocenters. The molecule has 1 aliphatic carbocycles. The quantitative estimate of drug-likeness (QED) is 0.322. The molecule has 2 fully saturated rings. The fourth-order valence-electron chi connectivity index (χ4n) is 2.79. The molecular weight excluding hydrogens is 206 g/mol. The zero-order chi connectivity index (χ0) is 11.4. The van der Waals surface area contributed by atoms with Gasteiger partial charge in [-0.3, -0.25) is 4.90 Å². The molecule has 0 aromatic heterocycles. The Morgan fingerprint density at radius 1 is 1.31 bits per heavy atom. The average molecular weight is 227 g/mol. The number of oxime groups is 1. The third-order valence-corrected chi connectivity index (χ3v) is 3.64. The Morgan fingerprint density at radius 2 is 2.06 bits per heavy atom. The number of nitrogens with two attached hydrogens (primary N) is 1. The molecule has 1 heterocycles. The highest BCUT2D eigenvalue weighted by molar-refractivity contribution is 5.81. The van der Waals surface area contributed by atoms with E-state index in [2.05, 4.69) is 10.1 Å². The average Bonchev–Trinajstić information content (AvgIpc) is 2.97. The summed E-state index contributed by atoms with van der Waals surface area (Å²) >= 11 is 0. The van der Waals surface area contributed by atoms with Crippen molar-refractivity contribution in [2.24, 2.45) is 10.9 Å². The fraction of sp³-hybridized carbons (Fsp3) is 0.909. The summed E-state index contributed by atoms with van der Waals surface area (Å²) in [6.07, 6.45) is 6.12. The van der Waals surface area contributed by atoms with Crippen LogP contribution in [0, 0.1) is 0 Å². The van der Waals surface area contributed by atoms with Gasteiger partial charge in [-0.15, -0.1) is 0 Å². The van der Waals surface area contributed by atoms with Crippen LogP contribution in [-0.2, 0) is 4.74 Å². The minimum atomic E-state index is 0.304. The van der Waals surface area contributed by atoms with Crippen molar-refractivity contribution in [1.82, 2.24) is 4.90 Å². The number of ether oxygens (including phenoxy) is 1. The summed E-state index contributed by atoms with van der Waals surface area (Å²) in [7, 11) is 0. The van der Waals surface area contributed by atoms with Crippen LogP contribution in [0.25, 0.3) is 0 Å².